The van der Waals surface area contributed by atoms with Crippen LogP contribution in [0.3, 0.4) is 0 Å². The van der Waals surface area contributed by atoms with Gasteiger partial charge in [-0.2, -0.15) is 0 Å². The summed E-state index contributed by atoms with van der Waals surface area (Å²) < 4.78 is 27.7. The molecule has 2 unspecified atom stereocenters. The number of rotatable bonds is 3. The molecule has 1 amide bonds. The van der Waals surface area contributed by atoms with E-state index in [1.165, 1.54) is 6.42 Å². The molecular weight excluding hydrogens is 382 g/mol. The second-order valence-electron chi connectivity index (χ2n) is 5.47. The van der Waals surface area contributed by atoms with Crippen molar-refractivity contribution in [2.45, 2.75) is 50.0 Å². The third kappa shape index (κ3) is 4.47. The Morgan fingerprint density at radius 3 is 2.71 bits per heavy atom. The van der Waals surface area contributed by atoms with Crippen LogP contribution in [0.5, 0.6) is 0 Å². The van der Waals surface area contributed by atoms with E-state index < -0.39 is 15.0 Å². The number of carbonyl (C=O) groups excluding carboxylic acids is 1. The van der Waals surface area contributed by atoms with Gasteiger partial charge >= 0.3 is 0 Å². The van der Waals surface area contributed by atoms with Gasteiger partial charge in [-0.25, -0.2) is 8.42 Å². The van der Waals surface area contributed by atoms with Crippen molar-refractivity contribution in [3.8, 4) is 0 Å². The highest BCUT2D eigenvalue weighted by Gasteiger charge is 2.25. The van der Waals surface area contributed by atoms with Crippen molar-refractivity contribution in [2.24, 2.45) is 5.92 Å². The van der Waals surface area contributed by atoms with Crippen molar-refractivity contribution in [1.82, 2.24) is 5.32 Å². The molecule has 1 heterocycles. The zero-order valence-electron chi connectivity index (χ0n) is 11.6. The normalized spacial score (nSPS) is 23.6. The lowest BCUT2D eigenvalue weighted by atomic mass is 10.0. The predicted molar refractivity (Wildman–Crippen MR) is 83.0 cm³/mol. The first-order valence-electron chi connectivity index (χ1n) is 6.82. The van der Waals surface area contributed by atoms with Gasteiger partial charge < -0.3 is 9.73 Å². The van der Waals surface area contributed by atoms with Crippen LogP contribution in [0.2, 0.25) is 0 Å². The highest BCUT2D eigenvalue weighted by Crippen LogP contribution is 2.29. The molecule has 5 nitrogen and oxygen atoms in total. The molecule has 21 heavy (non-hydrogen) atoms. The fourth-order valence-corrected chi connectivity index (χ4v) is 4.55. The van der Waals surface area contributed by atoms with Crippen molar-refractivity contribution >= 4 is 41.6 Å². The molecule has 0 aromatic carbocycles. The van der Waals surface area contributed by atoms with Gasteiger partial charge in [-0.15, -0.1) is 0 Å². The van der Waals surface area contributed by atoms with E-state index in [4.69, 9.17) is 15.1 Å². The maximum Gasteiger partial charge on any atom is 0.287 e. The number of halogens is 2. The summed E-state index contributed by atoms with van der Waals surface area (Å²) in [6.45, 7) is 2.21. The summed E-state index contributed by atoms with van der Waals surface area (Å²) in [6, 6.07) is 1.24. The molecular formula is C13H17BrClNO4S. The molecule has 0 radical (unpaired) electrons. The average molecular weight is 399 g/mol. The van der Waals surface area contributed by atoms with Gasteiger partial charge in [0, 0.05) is 22.8 Å². The van der Waals surface area contributed by atoms with Crippen molar-refractivity contribution in [3.63, 3.8) is 0 Å². The average Bonchev–Trinajstić information content (AvgIpc) is 2.66. The summed E-state index contributed by atoms with van der Waals surface area (Å²) in [7, 11) is 1.32. The van der Waals surface area contributed by atoms with Crippen LogP contribution >= 0.6 is 26.6 Å². The standard InChI is InChI=1S/C13H17BrClNO4S/c1-8-3-2-4-9(6-5-8)16-13(17)10-7-11(12(14)20-10)21(15,18)19/h7-9H,2-6H2,1H3,(H,16,17). The SMILES string of the molecule is CC1CCCC(NC(=O)c2cc(S(=O)(=O)Cl)c(Br)o2)CC1. The van der Waals surface area contributed by atoms with Crippen LogP contribution in [-0.4, -0.2) is 20.4 Å². The Balaban J connectivity index is 2.07. The Bertz CT molecular complexity index is 628. The fraction of sp³-hybridized carbons (Fsp3) is 0.615. The smallest absolute Gasteiger partial charge is 0.287 e. The van der Waals surface area contributed by atoms with Gasteiger partial charge in [0.2, 0.25) is 0 Å². The lowest BCUT2D eigenvalue weighted by Gasteiger charge is -2.15. The third-order valence-corrected chi connectivity index (χ3v) is 5.91. The zero-order valence-corrected chi connectivity index (χ0v) is 14.7. The fourth-order valence-electron chi connectivity index (χ4n) is 2.52. The summed E-state index contributed by atoms with van der Waals surface area (Å²) >= 11 is 2.96. The van der Waals surface area contributed by atoms with Gasteiger partial charge in [0.05, 0.1) is 0 Å². The van der Waals surface area contributed by atoms with Crippen molar-refractivity contribution in [1.29, 1.82) is 0 Å². The van der Waals surface area contributed by atoms with E-state index in [9.17, 15) is 13.2 Å². The third-order valence-electron chi connectivity index (χ3n) is 3.73. The van der Waals surface area contributed by atoms with Gasteiger partial charge in [0.1, 0.15) is 4.90 Å². The first kappa shape index (κ1) is 16.8. The Kier molecular flexibility index (Phi) is 5.38. The van der Waals surface area contributed by atoms with Crippen molar-refractivity contribution < 1.29 is 17.6 Å². The maximum atomic E-state index is 12.1. The van der Waals surface area contributed by atoms with Crippen LogP contribution in [0.15, 0.2) is 20.0 Å². The monoisotopic (exact) mass is 397 g/mol. The van der Waals surface area contributed by atoms with Crippen LogP contribution in [0, 0.1) is 5.92 Å². The summed E-state index contributed by atoms with van der Waals surface area (Å²) in [4.78, 5) is 11.9. The number of amides is 1. The van der Waals surface area contributed by atoms with Gasteiger partial charge in [-0.3, -0.25) is 4.79 Å². The molecule has 1 saturated carbocycles. The molecule has 0 saturated heterocycles. The summed E-state index contributed by atoms with van der Waals surface area (Å²) in [5.74, 6) is 0.206. The summed E-state index contributed by atoms with van der Waals surface area (Å²) in [6.07, 6.45) is 5.19. The molecule has 2 rings (SSSR count). The minimum atomic E-state index is -3.94. The maximum absolute atomic E-state index is 12.1. The van der Waals surface area contributed by atoms with Crippen LogP contribution < -0.4 is 5.32 Å². The Labute approximate surface area is 137 Å². The number of carbonyl (C=O) groups is 1. The molecule has 2 atom stereocenters. The molecule has 0 spiro atoms. The second-order valence-corrected chi connectivity index (χ2v) is 8.72. The molecule has 1 N–H and O–H groups in total. The molecule has 1 aliphatic rings. The summed E-state index contributed by atoms with van der Waals surface area (Å²) in [5.41, 5.74) is 0. The lowest BCUT2D eigenvalue weighted by Crippen LogP contribution is -2.34. The Morgan fingerprint density at radius 1 is 1.38 bits per heavy atom. The first-order valence-corrected chi connectivity index (χ1v) is 9.92. The topological polar surface area (TPSA) is 76.4 Å². The van der Waals surface area contributed by atoms with E-state index in [1.807, 2.05) is 0 Å². The Morgan fingerprint density at radius 2 is 2.10 bits per heavy atom. The van der Waals surface area contributed by atoms with Crippen LogP contribution in [-0.2, 0) is 9.05 Å². The minimum Gasteiger partial charge on any atom is -0.443 e. The summed E-state index contributed by atoms with van der Waals surface area (Å²) in [5, 5.41) is 2.90. The number of furan rings is 1. The van der Waals surface area contributed by atoms with Crippen LogP contribution in [0.4, 0.5) is 0 Å². The molecule has 118 valence electrons. The van der Waals surface area contributed by atoms with E-state index >= 15 is 0 Å². The molecule has 0 aliphatic heterocycles. The highest BCUT2D eigenvalue weighted by atomic mass is 79.9. The largest absolute Gasteiger partial charge is 0.443 e. The molecule has 8 heteroatoms. The second kappa shape index (κ2) is 6.71. The molecule has 0 bridgehead atoms. The van der Waals surface area contributed by atoms with Gasteiger partial charge in [-0.05, 0) is 41.1 Å². The van der Waals surface area contributed by atoms with Gasteiger partial charge in [0.25, 0.3) is 15.0 Å². The van der Waals surface area contributed by atoms with E-state index in [0.717, 1.165) is 31.7 Å². The molecule has 1 aliphatic carbocycles. The Hall–Kier alpha value is -0.530. The van der Waals surface area contributed by atoms with Gasteiger partial charge in [-0.1, -0.05) is 19.8 Å². The highest BCUT2D eigenvalue weighted by molar-refractivity contribution is 9.10. The number of hydrogen-bond donors (Lipinski definition) is 1. The van der Waals surface area contributed by atoms with Crippen LogP contribution in [0.1, 0.15) is 49.6 Å². The predicted octanol–water partition coefficient (Wildman–Crippen LogP) is 3.67. The number of nitrogens with one attached hydrogen (secondary N) is 1. The van der Waals surface area contributed by atoms with Crippen LogP contribution in [0.25, 0.3) is 0 Å². The van der Waals surface area contributed by atoms with E-state index in [-0.39, 0.29) is 21.4 Å². The first-order chi connectivity index (χ1) is 9.77. The van der Waals surface area contributed by atoms with Gasteiger partial charge in [0.15, 0.2) is 10.4 Å². The minimum absolute atomic E-state index is 0.0570. The quantitative estimate of drug-likeness (QED) is 0.622. The van der Waals surface area contributed by atoms with Crippen molar-refractivity contribution in [3.05, 3.63) is 16.5 Å². The molecule has 1 fully saturated rings. The zero-order chi connectivity index (χ0) is 15.6. The molecule has 1 aromatic heterocycles. The molecule has 1 aromatic rings. The van der Waals surface area contributed by atoms with E-state index in [0.29, 0.717) is 5.92 Å². The van der Waals surface area contributed by atoms with E-state index in [1.54, 1.807) is 0 Å². The number of hydrogen-bond acceptors (Lipinski definition) is 4. The van der Waals surface area contributed by atoms with E-state index in [2.05, 4.69) is 28.2 Å². The van der Waals surface area contributed by atoms with Crippen molar-refractivity contribution in [2.75, 3.05) is 0 Å². The lowest BCUT2D eigenvalue weighted by molar-refractivity contribution is 0.0903.